The van der Waals surface area contributed by atoms with Crippen LogP contribution in [0.15, 0.2) is 12.1 Å². The van der Waals surface area contributed by atoms with Gasteiger partial charge in [0.2, 0.25) is 0 Å². The monoisotopic (exact) mass is 224 g/mol. The number of nitrogens with zero attached hydrogens (tertiary/aromatic N) is 1. The molecule has 0 fully saturated rings. The molecule has 0 aliphatic heterocycles. The molecule has 0 spiro atoms. The van der Waals surface area contributed by atoms with Gasteiger partial charge in [-0.1, -0.05) is 11.3 Å². The normalized spacial score (nSPS) is 10.7. The minimum absolute atomic E-state index is 0.0749. The number of hydrogen-bond acceptors (Lipinski definition) is 6. The summed E-state index contributed by atoms with van der Waals surface area (Å²) in [6.07, 6.45) is 0. The van der Waals surface area contributed by atoms with Gasteiger partial charge in [0.1, 0.15) is 5.52 Å². The predicted molar refractivity (Wildman–Crippen MR) is 64.0 cm³/mol. The van der Waals surface area contributed by atoms with Crippen molar-refractivity contribution in [1.29, 1.82) is 0 Å². The number of anilines is 3. The molecule has 15 heavy (non-hydrogen) atoms. The number of thiazole rings is 1. The van der Waals surface area contributed by atoms with Crippen molar-refractivity contribution in [1.82, 2.24) is 4.98 Å². The van der Waals surface area contributed by atoms with Gasteiger partial charge in [-0.15, -0.1) is 0 Å². The van der Waals surface area contributed by atoms with E-state index in [1.54, 1.807) is 6.07 Å². The zero-order valence-corrected chi connectivity index (χ0v) is 8.84. The van der Waals surface area contributed by atoms with E-state index in [0.29, 0.717) is 17.4 Å². The number of aliphatic hydroxyl groups is 1. The van der Waals surface area contributed by atoms with Gasteiger partial charge >= 0.3 is 0 Å². The molecule has 0 aliphatic carbocycles. The standard InChI is InChI=1S/C9H12N4OS/c10-5-1-2-6(12-3-4-14)7-8(5)15-9(11)13-7/h1-2,12,14H,3-4,10H2,(H2,11,13). The van der Waals surface area contributed by atoms with E-state index in [4.69, 9.17) is 16.6 Å². The summed E-state index contributed by atoms with van der Waals surface area (Å²) in [5.41, 5.74) is 13.7. The minimum Gasteiger partial charge on any atom is -0.398 e. The molecular weight excluding hydrogens is 212 g/mol. The Balaban J connectivity index is 2.50. The van der Waals surface area contributed by atoms with Crippen molar-refractivity contribution in [3.63, 3.8) is 0 Å². The van der Waals surface area contributed by atoms with Gasteiger partial charge in [-0.3, -0.25) is 0 Å². The van der Waals surface area contributed by atoms with Gasteiger partial charge in [0.25, 0.3) is 0 Å². The summed E-state index contributed by atoms with van der Waals surface area (Å²) < 4.78 is 0.885. The maximum absolute atomic E-state index is 8.73. The molecule has 6 N–H and O–H groups in total. The van der Waals surface area contributed by atoms with Crippen LogP contribution in [-0.4, -0.2) is 23.2 Å². The quantitative estimate of drug-likeness (QED) is 0.580. The molecule has 80 valence electrons. The van der Waals surface area contributed by atoms with Gasteiger partial charge in [0.15, 0.2) is 5.13 Å². The fourth-order valence-corrected chi connectivity index (χ4v) is 2.16. The second-order valence-electron chi connectivity index (χ2n) is 3.08. The fraction of sp³-hybridized carbons (Fsp3) is 0.222. The first-order valence-electron chi connectivity index (χ1n) is 4.51. The molecule has 0 amide bonds. The lowest BCUT2D eigenvalue weighted by Gasteiger charge is -2.05. The fourth-order valence-electron chi connectivity index (χ4n) is 1.38. The molecule has 0 saturated heterocycles. The van der Waals surface area contributed by atoms with E-state index < -0.39 is 0 Å². The zero-order valence-electron chi connectivity index (χ0n) is 8.03. The Hall–Kier alpha value is -1.53. The largest absolute Gasteiger partial charge is 0.398 e. The second-order valence-corrected chi connectivity index (χ2v) is 4.11. The van der Waals surface area contributed by atoms with Crippen LogP contribution < -0.4 is 16.8 Å². The highest BCUT2D eigenvalue weighted by Crippen LogP contribution is 2.33. The lowest BCUT2D eigenvalue weighted by atomic mass is 10.2. The van der Waals surface area contributed by atoms with Crippen molar-refractivity contribution < 1.29 is 5.11 Å². The molecule has 2 aromatic rings. The summed E-state index contributed by atoms with van der Waals surface area (Å²) in [6, 6.07) is 3.64. The molecule has 0 aliphatic rings. The average Bonchev–Trinajstić information content (AvgIpc) is 2.60. The molecule has 1 heterocycles. The Kier molecular flexibility index (Phi) is 2.61. The Morgan fingerprint density at radius 2 is 2.20 bits per heavy atom. The zero-order chi connectivity index (χ0) is 10.8. The van der Waals surface area contributed by atoms with Gasteiger partial charge < -0.3 is 21.9 Å². The molecule has 0 saturated carbocycles. The number of nitrogen functional groups attached to an aromatic ring is 2. The van der Waals surface area contributed by atoms with E-state index in [1.807, 2.05) is 6.07 Å². The van der Waals surface area contributed by atoms with Crippen LogP contribution in [0, 0.1) is 0 Å². The van der Waals surface area contributed by atoms with Crippen molar-refractivity contribution in [3.8, 4) is 0 Å². The molecule has 0 radical (unpaired) electrons. The molecule has 0 atom stereocenters. The molecule has 0 bridgehead atoms. The van der Waals surface area contributed by atoms with E-state index in [9.17, 15) is 0 Å². The summed E-state index contributed by atoms with van der Waals surface area (Å²) in [5, 5.41) is 12.3. The number of nitrogens with one attached hydrogen (secondary N) is 1. The lowest BCUT2D eigenvalue weighted by molar-refractivity contribution is 0.311. The molecule has 0 unspecified atom stereocenters. The van der Waals surface area contributed by atoms with E-state index >= 15 is 0 Å². The van der Waals surface area contributed by atoms with Crippen molar-refractivity contribution in [2.75, 3.05) is 29.9 Å². The van der Waals surface area contributed by atoms with Gasteiger partial charge in [0.05, 0.1) is 22.7 Å². The number of benzene rings is 1. The van der Waals surface area contributed by atoms with Crippen LogP contribution >= 0.6 is 11.3 Å². The smallest absolute Gasteiger partial charge is 0.181 e. The summed E-state index contributed by atoms with van der Waals surface area (Å²) >= 11 is 1.37. The van der Waals surface area contributed by atoms with Crippen LogP contribution in [-0.2, 0) is 0 Å². The maximum Gasteiger partial charge on any atom is 0.181 e. The predicted octanol–water partition coefficient (Wildman–Crippen LogP) is 0.865. The Morgan fingerprint density at radius 3 is 2.93 bits per heavy atom. The van der Waals surface area contributed by atoms with Gasteiger partial charge in [-0.25, -0.2) is 4.98 Å². The third-order valence-electron chi connectivity index (χ3n) is 2.02. The van der Waals surface area contributed by atoms with Crippen LogP contribution in [0.4, 0.5) is 16.5 Å². The van der Waals surface area contributed by atoms with Gasteiger partial charge in [0, 0.05) is 6.54 Å². The van der Waals surface area contributed by atoms with Crippen LogP contribution in [0.25, 0.3) is 10.2 Å². The Labute approximate surface area is 90.7 Å². The van der Waals surface area contributed by atoms with Crippen LogP contribution in [0.1, 0.15) is 0 Å². The Bertz CT molecular complexity index is 482. The number of nitrogens with two attached hydrogens (primary N) is 2. The third kappa shape index (κ3) is 1.81. The third-order valence-corrected chi connectivity index (χ3v) is 2.95. The van der Waals surface area contributed by atoms with Crippen LogP contribution in [0.3, 0.4) is 0 Å². The lowest BCUT2D eigenvalue weighted by Crippen LogP contribution is -2.06. The van der Waals surface area contributed by atoms with E-state index in [2.05, 4.69) is 10.3 Å². The summed E-state index contributed by atoms with van der Waals surface area (Å²) in [7, 11) is 0. The number of fused-ring (bicyclic) bond motifs is 1. The first kappa shape index (κ1) is 10.0. The van der Waals surface area contributed by atoms with Crippen LogP contribution in [0.5, 0.6) is 0 Å². The number of aromatic nitrogens is 1. The number of hydrogen-bond donors (Lipinski definition) is 4. The van der Waals surface area contributed by atoms with Crippen LogP contribution in [0.2, 0.25) is 0 Å². The first-order chi connectivity index (χ1) is 7.22. The number of rotatable bonds is 3. The average molecular weight is 224 g/mol. The molecule has 1 aromatic carbocycles. The molecule has 1 aromatic heterocycles. The van der Waals surface area contributed by atoms with Gasteiger partial charge in [-0.2, -0.15) is 0 Å². The van der Waals surface area contributed by atoms with Crippen molar-refractivity contribution >= 4 is 38.1 Å². The highest BCUT2D eigenvalue weighted by Gasteiger charge is 2.08. The summed E-state index contributed by atoms with van der Waals surface area (Å²) in [4.78, 5) is 4.20. The molecular formula is C9H12N4OS. The number of aliphatic hydroxyl groups excluding tert-OH is 1. The van der Waals surface area contributed by atoms with Gasteiger partial charge in [-0.05, 0) is 12.1 Å². The van der Waals surface area contributed by atoms with E-state index in [-0.39, 0.29) is 6.61 Å². The Morgan fingerprint density at radius 1 is 1.40 bits per heavy atom. The minimum atomic E-state index is 0.0749. The molecule has 6 heteroatoms. The molecule has 2 rings (SSSR count). The topological polar surface area (TPSA) is 97.2 Å². The highest BCUT2D eigenvalue weighted by molar-refractivity contribution is 7.22. The summed E-state index contributed by atoms with van der Waals surface area (Å²) in [5.74, 6) is 0. The summed E-state index contributed by atoms with van der Waals surface area (Å²) in [6.45, 7) is 0.557. The molecule has 5 nitrogen and oxygen atoms in total. The highest BCUT2D eigenvalue weighted by atomic mass is 32.1. The van der Waals surface area contributed by atoms with Crippen molar-refractivity contribution in [3.05, 3.63) is 12.1 Å². The van der Waals surface area contributed by atoms with E-state index in [1.165, 1.54) is 11.3 Å². The SMILES string of the molecule is Nc1nc2c(NCCO)ccc(N)c2s1. The van der Waals surface area contributed by atoms with E-state index in [0.717, 1.165) is 15.9 Å². The second kappa shape index (κ2) is 3.92. The maximum atomic E-state index is 8.73. The first-order valence-corrected chi connectivity index (χ1v) is 5.33. The van der Waals surface area contributed by atoms with Crippen molar-refractivity contribution in [2.24, 2.45) is 0 Å². The van der Waals surface area contributed by atoms with Crippen molar-refractivity contribution in [2.45, 2.75) is 0 Å².